The molecule has 0 bridgehead atoms. The van der Waals surface area contributed by atoms with Gasteiger partial charge in [-0.05, 0) is 33.9 Å². The van der Waals surface area contributed by atoms with E-state index in [1.807, 2.05) is 11.8 Å². The van der Waals surface area contributed by atoms with E-state index in [1.165, 1.54) is 12.8 Å². The van der Waals surface area contributed by atoms with E-state index in [1.54, 1.807) is 0 Å². The Kier molecular flexibility index (Phi) is 4.83. The SMILES string of the molecule is CCNc1cc(SCCN(C)C)nc(C2CC2)n1. The normalized spacial score (nSPS) is 15.1. The first-order valence-corrected chi connectivity index (χ1v) is 7.58. The van der Waals surface area contributed by atoms with E-state index in [4.69, 9.17) is 0 Å². The summed E-state index contributed by atoms with van der Waals surface area (Å²) < 4.78 is 0. The van der Waals surface area contributed by atoms with E-state index in [9.17, 15) is 0 Å². The zero-order valence-electron chi connectivity index (χ0n) is 11.4. The van der Waals surface area contributed by atoms with E-state index in [0.717, 1.165) is 35.5 Å². The highest BCUT2D eigenvalue weighted by Gasteiger charge is 2.27. The van der Waals surface area contributed by atoms with Gasteiger partial charge in [-0.2, -0.15) is 0 Å². The summed E-state index contributed by atoms with van der Waals surface area (Å²) in [5.41, 5.74) is 0. The maximum atomic E-state index is 4.67. The van der Waals surface area contributed by atoms with Crippen LogP contribution in [0.1, 0.15) is 31.5 Å². The monoisotopic (exact) mass is 266 g/mol. The smallest absolute Gasteiger partial charge is 0.135 e. The fourth-order valence-corrected chi connectivity index (χ4v) is 2.66. The van der Waals surface area contributed by atoms with Crippen LogP contribution in [0, 0.1) is 0 Å². The summed E-state index contributed by atoms with van der Waals surface area (Å²) in [6.07, 6.45) is 2.49. The number of hydrogen-bond acceptors (Lipinski definition) is 5. The average molecular weight is 266 g/mol. The molecule has 0 amide bonds. The molecule has 5 heteroatoms. The summed E-state index contributed by atoms with van der Waals surface area (Å²) in [6, 6.07) is 2.07. The standard InChI is InChI=1S/C13H22N4S/c1-4-14-11-9-12(18-8-7-17(2)3)16-13(15-11)10-5-6-10/h9-10H,4-8H2,1-3H3,(H,14,15,16). The third-order valence-corrected chi connectivity index (χ3v) is 3.70. The molecule has 1 N–H and O–H groups in total. The van der Waals surface area contributed by atoms with E-state index >= 15 is 0 Å². The molecule has 0 saturated heterocycles. The molecule has 1 saturated carbocycles. The topological polar surface area (TPSA) is 41.0 Å². The van der Waals surface area contributed by atoms with Crippen LogP contribution >= 0.6 is 11.8 Å². The molecule has 0 spiro atoms. The van der Waals surface area contributed by atoms with Crippen LogP contribution in [0.5, 0.6) is 0 Å². The van der Waals surface area contributed by atoms with Gasteiger partial charge in [-0.25, -0.2) is 9.97 Å². The fraction of sp³-hybridized carbons (Fsp3) is 0.692. The number of hydrogen-bond donors (Lipinski definition) is 1. The first-order chi connectivity index (χ1) is 8.69. The molecule has 0 aromatic carbocycles. The molecule has 18 heavy (non-hydrogen) atoms. The Morgan fingerprint density at radius 1 is 1.39 bits per heavy atom. The van der Waals surface area contributed by atoms with Crippen molar-refractivity contribution in [1.82, 2.24) is 14.9 Å². The minimum atomic E-state index is 0.608. The second-order valence-corrected chi connectivity index (χ2v) is 6.02. The lowest BCUT2D eigenvalue weighted by atomic mass is 10.4. The highest BCUT2D eigenvalue weighted by Crippen LogP contribution is 2.39. The van der Waals surface area contributed by atoms with Gasteiger partial charge < -0.3 is 10.2 Å². The van der Waals surface area contributed by atoms with Gasteiger partial charge in [-0.3, -0.25) is 0 Å². The average Bonchev–Trinajstić information content (AvgIpc) is 3.12. The Labute approximate surface area is 114 Å². The van der Waals surface area contributed by atoms with Gasteiger partial charge in [-0.1, -0.05) is 0 Å². The summed E-state index contributed by atoms with van der Waals surface area (Å²) in [6.45, 7) is 4.07. The molecule has 2 rings (SSSR count). The van der Waals surface area contributed by atoms with E-state index in [2.05, 4.69) is 47.3 Å². The third kappa shape index (κ3) is 4.14. The molecule has 1 aliphatic carbocycles. The van der Waals surface area contributed by atoms with Crippen molar-refractivity contribution in [3.05, 3.63) is 11.9 Å². The van der Waals surface area contributed by atoms with Gasteiger partial charge in [0.05, 0.1) is 0 Å². The fourth-order valence-electron chi connectivity index (χ4n) is 1.65. The number of aromatic nitrogens is 2. The summed E-state index contributed by atoms with van der Waals surface area (Å²) >= 11 is 1.82. The van der Waals surface area contributed by atoms with Crippen molar-refractivity contribution in [1.29, 1.82) is 0 Å². The Balaban J connectivity index is 2.02. The largest absolute Gasteiger partial charge is 0.370 e. The molecule has 0 unspecified atom stereocenters. The maximum Gasteiger partial charge on any atom is 0.135 e. The first-order valence-electron chi connectivity index (χ1n) is 6.59. The molecule has 0 atom stereocenters. The lowest BCUT2D eigenvalue weighted by Gasteiger charge is -2.10. The van der Waals surface area contributed by atoms with E-state index in [-0.39, 0.29) is 0 Å². The van der Waals surface area contributed by atoms with E-state index in [0.29, 0.717) is 5.92 Å². The van der Waals surface area contributed by atoms with E-state index < -0.39 is 0 Å². The van der Waals surface area contributed by atoms with Crippen molar-refractivity contribution >= 4 is 17.6 Å². The van der Waals surface area contributed by atoms with Gasteiger partial charge in [0.2, 0.25) is 0 Å². The van der Waals surface area contributed by atoms with Crippen molar-refractivity contribution in [2.75, 3.05) is 38.3 Å². The van der Waals surface area contributed by atoms with Crippen LogP contribution in [-0.2, 0) is 0 Å². The molecule has 1 fully saturated rings. The molecule has 1 aromatic rings. The van der Waals surface area contributed by atoms with Crippen LogP contribution in [0.3, 0.4) is 0 Å². The highest BCUT2D eigenvalue weighted by molar-refractivity contribution is 7.99. The van der Waals surface area contributed by atoms with Crippen molar-refractivity contribution in [3.8, 4) is 0 Å². The second kappa shape index (κ2) is 6.38. The predicted octanol–water partition coefficient (Wildman–Crippen LogP) is 2.44. The lowest BCUT2D eigenvalue weighted by Crippen LogP contribution is -2.15. The van der Waals surface area contributed by atoms with Crippen LogP contribution in [0.4, 0.5) is 5.82 Å². The number of nitrogens with zero attached hydrogens (tertiary/aromatic N) is 3. The van der Waals surface area contributed by atoms with Gasteiger partial charge in [0.1, 0.15) is 16.7 Å². The number of rotatable bonds is 7. The second-order valence-electron chi connectivity index (χ2n) is 4.91. The van der Waals surface area contributed by atoms with Crippen molar-refractivity contribution in [2.24, 2.45) is 0 Å². The minimum Gasteiger partial charge on any atom is -0.370 e. The minimum absolute atomic E-state index is 0.608. The number of thioether (sulfide) groups is 1. The molecule has 0 radical (unpaired) electrons. The lowest BCUT2D eigenvalue weighted by molar-refractivity contribution is 0.437. The highest BCUT2D eigenvalue weighted by atomic mass is 32.2. The molecule has 1 aliphatic rings. The summed E-state index contributed by atoms with van der Waals surface area (Å²) in [7, 11) is 4.19. The maximum absolute atomic E-state index is 4.67. The van der Waals surface area contributed by atoms with Crippen LogP contribution in [0.2, 0.25) is 0 Å². The molecule has 0 aliphatic heterocycles. The van der Waals surface area contributed by atoms with Gasteiger partial charge in [0, 0.05) is 30.8 Å². The van der Waals surface area contributed by atoms with Crippen LogP contribution in [0.25, 0.3) is 0 Å². The van der Waals surface area contributed by atoms with Gasteiger partial charge in [-0.15, -0.1) is 11.8 Å². The quantitative estimate of drug-likeness (QED) is 0.606. The van der Waals surface area contributed by atoms with Gasteiger partial charge in [0.25, 0.3) is 0 Å². The Hall–Kier alpha value is -0.810. The molecule has 1 heterocycles. The third-order valence-electron chi connectivity index (χ3n) is 2.81. The van der Waals surface area contributed by atoms with Gasteiger partial charge >= 0.3 is 0 Å². The summed E-state index contributed by atoms with van der Waals surface area (Å²) in [4.78, 5) is 11.4. The van der Waals surface area contributed by atoms with Crippen molar-refractivity contribution in [2.45, 2.75) is 30.7 Å². The Morgan fingerprint density at radius 3 is 2.78 bits per heavy atom. The van der Waals surface area contributed by atoms with Crippen molar-refractivity contribution in [3.63, 3.8) is 0 Å². The molecular weight excluding hydrogens is 244 g/mol. The molecule has 1 aromatic heterocycles. The van der Waals surface area contributed by atoms with Crippen LogP contribution < -0.4 is 5.32 Å². The predicted molar refractivity (Wildman–Crippen MR) is 77.4 cm³/mol. The summed E-state index contributed by atoms with van der Waals surface area (Å²) in [5, 5.41) is 4.40. The molecule has 100 valence electrons. The Morgan fingerprint density at radius 2 is 2.17 bits per heavy atom. The van der Waals surface area contributed by atoms with Crippen LogP contribution in [-0.4, -0.2) is 47.8 Å². The number of nitrogens with one attached hydrogen (secondary N) is 1. The zero-order valence-corrected chi connectivity index (χ0v) is 12.3. The molecular formula is C13H22N4S. The van der Waals surface area contributed by atoms with Crippen molar-refractivity contribution < 1.29 is 0 Å². The number of anilines is 1. The van der Waals surface area contributed by atoms with Gasteiger partial charge in [0.15, 0.2) is 0 Å². The van der Waals surface area contributed by atoms with Crippen LogP contribution in [0.15, 0.2) is 11.1 Å². The zero-order chi connectivity index (χ0) is 13.0. The summed E-state index contributed by atoms with van der Waals surface area (Å²) in [5.74, 6) is 3.68. The molecule has 4 nitrogen and oxygen atoms in total. The first kappa shape index (κ1) is 13.6. The Bertz CT molecular complexity index is 391.